The molecule has 0 rings (SSSR count). The second-order valence-corrected chi connectivity index (χ2v) is 3.48. The van der Waals surface area contributed by atoms with Gasteiger partial charge >= 0.3 is 11.9 Å². The molecule has 0 aromatic carbocycles. The maximum absolute atomic E-state index is 11.5. The minimum absolute atomic E-state index is 0.369. The maximum atomic E-state index is 11.5. The standard InChI is InChI=1S/C12H20O4/c1-5-7-8-15-12(14)9(3)11(6-2)16-10(4)13/h5-8H2,1-4H3. The van der Waals surface area contributed by atoms with Crippen molar-refractivity contribution in [1.82, 2.24) is 0 Å². The largest absolute Gasteiger partial charge is 0.462 e. The molecule has 4 nitrogen and oxygen atoms in total. The lowest BCUT2D eigenvalue weighted by Crippen LogP contribution is -2.11. The molecule has 0 aliphatic heterocycles. The van der Waals surface area contributed by atoms with Crippen molar-refractivity contribution in [2.45, 2.75) is 47.0 Å². The van der Waals surface area contributed by atoms with Crippen molar-refractivity contribution in [3.8, 4) is 0 Å². The summed E-state index contributed by atoms with van der Waals surface area (Å²) in [5, 5.41) is 0. The quantitative estimate of drug-likeness (QED) is 0.303. The van der Waals surface area contributed by atoms with Gasteiger partial charge < -0.3 is 9.47 Å². The van der Waals surface area contributed by atoms with E-state index in [9.17, 15) is 9.59 Å². The molecule has 0 saturated heterocycles. The molecular formula is C12H20O4. The number of esters is 2. The molecule has 16 heavy (non-hydrogen) atoms. The molecule has 0 fully saturated rings. The summed E-state index contributed by atoms with van der Waals surface area (Å²) in [7, 11) is 0. The van der Waals surface area contributed by atoms with E-state index < -0.39 is 11.9 Å². The van der Waals surface area contributed by atoms with Gasteiger partial charge in [0.15, 0.2) is 0 Å². The fourth-order valence-corrected chi connectivity index (χ4v) is 1.12. The SMILES string of the molecule is CCCCOC(=O)C(C)=C(CC)OC(C)=O. The van der Waals surface area contributed by atoms with Crippen LogP contribution in [0.5, 0.6) is 0 Å². The van der Waals surface area contributed by atoms with Crippen molar-refractivity contribution in [3.05, 3.63) is 11.3 Å². The zero-order chi connectivity index (χ0) is 12.6. The molecule has 0 saturated carbocycles. The lowest BCUT2D eigenvalue weighted by Gasteiger charge is -2.09. The molecule has 0 heterocycles. The fourth-order valence-electron chi connectivity index (χ4n) is 1.12. The van der Waals surface area contributed by atoms with Crippen molar-refractivity contribution in [1.29, 1.82) is 0 Å². The van der Waals surface area contributed by atoms with Gasteiger partial charge in [-0.15, -0.1) is 0 Å². The Morgan fingerprint density at radius 3 is 2.19 bits per heavy atom. The molecule has 0 aliphatic carbocycles. The van der Waals surface area contributed by atoms with E-state index in [-0.39, 0.29) is 0 Å². The Balaban J connectivity index is 4.43. The number of allylic oxidation sites excluding steroid dienone is 1. The van der Waals surface area contributed by atoms with Crippen molar-refractivity contribution in [3.63, 3.8) is 0 Å². The first-order valence-corrected chi connectivity index (χ1v) is 5.58. The van der Waals surface area contributed by atoms with E-state index in [4.69, 9.17) is 9.47 Å². The fraction of sp³-hybridized carbons (Fsp3) is 0.667. The predicted molar refractivity (Wildman–Crippen MR) is 60.6 cm³/mol. The van der Waals surface area contributed by atoms with Gasteiger partial charge in [0, 0.05) is 13.3 Å². The highest BCUT2D eigenvalue weighted by Gasteiger charge is 2.13. The van der Waals surface area contributed by atoms with Crippen LogP contribution in [0.2, 0.25) is 0 Å². The van der Waals surface area contributed by atoms with Crippen LogP contribution >= 0.6 is 0 Å². The number of unbranched alkanes of at least 4 members (excludes halogenated alkanes) is 1. The predicted octanol–water partition coefficient (Wildman–Crippen LogP) is 2.58. The van der Waals surface area contributed by atoms with Crippen LogP contribution in [0, 0.1) is 0 Å². The van der Waals surface area contributed by atoms with E-state index >= 15 is 0 Å². The molecule has 0 spiro atoms. The Bertz CT molecular complexity index is 279. The van der Waals surface area contributed by atoms with Gasteiger partial charge in [0.25, 0.3) is 0 Å². The van der Waals surface area contributed by atoms with Gasteiger partial charge in [-0.05, 0) is 13.3 Å². The highest BCUT2D eigenvalue weighted by molar-refractivity contribution is 5.88. The minimum atomic E-state index is -0.419. The maximum Gasteiger partial charge on any atom is 0.337 e. The van der Waals surface area contributed by atoms with E-state index in [1.54, 1.807) is 6.92 Å². The lowest BCUT2D eigenvalue weighted by atomic mass is 10.2. The van der Waals surface area contributed by atoms with Crippen LogP contribution in [0.25, 0.3) is 0 Å². The third-order valence-electron chi connectivity index (χ3n) is 2.04. The topological polar surface area (TPSA) is 52.6 Å². The molecule has 0 aliphatic rings. The average Bonchev–Trinajstić information content (AvgIpc) is 2.24. The first-order chi connectivity index (χ1) is 7.52. The smallest absolute Gasteiger partial charge is 0.337 e. The molecule has 0 aromatic rings. The number of carbonyl (C=O) groups excluding carboxylic acids is 2. The molecule has 0 unspecified atom stereocenters. The Morgan fingerprint density at radius 2 is 1.75 bits per heavy atom. The van der Waals surface area contributed by atoms with E-state index in [0.717, 1.165) is 12.8 Å². The van der Waals surface area contributed by atoms with Crippen LogP contribution in [0.1, 0.15) is 47.0 Å². The van der Waals surface area contributed by atoms with Crippen LogP contribution in [0.15, 0.2) is 11.3 Å². The Labute approximate surface area is 96.6 Å². The van der Waals surface area contributed by atoms with Gasteiger partial charge in [0.1, 0.15) is 5.76 Å². The number of rotatable bonds is 6. The van der Waals surface area contributed by atoms with Crippen molar-refractivity contribution >= 4 is 11.9 Å². The Morgan fingerprint density at radius 1 is 1.12 bits per heavy atom. The second-order valence-electron chi connectivity index (χ2n) is 3.48. The normalized spacial score (nSPS) is 11.8. The Hall–Kier alpha value is -1.32. The molecule has 0 N–H and O–H groups in total. The average molecular weight is 228 g/mol. The molecule has 92 valence electrons. The summed E-state index contributed by atoms with van der Waals surface area (Å²) in [4.78, 5) is 22.3. The lowest BCUT2D eigenvalue weighted by molar-refractivity contribution is -0.140. The number of hydrogen-bond acceptors (Lipinski definition) is 4. The summed E-state index contributed by atoms with van der Waals surface area (Å²) in [6, 6.07) is 0. The van der Waals surface area contributed by atoms with Gasteiger partial charge in [0.05, 0.1) is 12.2 Å². The molecular weight excluding hydrogens is 208 g/mol. The third-order valence-corrected chi connectivity index (χ3v) is 2.04. The van der Waals surface area contributed by atoms with Crippen LogP contribution in [-0.4, -0.2) is 18.5 Å². The third kappa shape index (κ3) is 5.53. The summed E-state index contributed by atoms with van der Waals surface area (Å²) in [6.07, 6.45) is 2.31. The first kappa shape index (κ1) is 14.7. The second kappa shape index (κ2) is 7.91. The zero-order valence-electron chi connectivity index (χ0n) is 10.5. The molecule has 0 radical (unpaired) electrons. The van der Waals surface area contributed by atoms with Crippen LogP contribution in [-0.2, 0) is 19.1 Å². The molecule has 4 heteroatoms. The summed E-state index contributed by atoms with van der Waals surface area (Å²) in [6.45, 7) is 7.17. The molecule has 0 atom stereocenters. The highest BCUT2D eigenvalue weighted by atomic mass is 16.5. The summed E-state index contributed by atoms with van der Waals surface area (Å²) < 4.78 is 9.95. The monoisotopic (exact) mass is 228 g/mol. The highest BCUT2D eigenvalue weighted by Crippen LogP contribution is 2.12. The number of ether oxygens (including phenoxy) is 2. The van der Waals surface area contributed by atoms with Gasteiger partial charge in [-0.3, -0.25) is 4.79 Å². The van der Waals surface area contributed by atoms with E-state index in [1.165, 1.54) is 6.92 Å². The Kier molecular flexibility index (Phi) is 7.25. The molecule has 0 amide bonds. The molecule has 0 bridgehead atoms. The van der Waals surface area contributed by atoms with Crippen LogP contribution in [0.3, 0.4) is 0 Å². The van der Waals surface area contributed by atoms with Gasteiger partial charge in [0.2, 0.25) is 0 Å². The van der Waals surface area contributed by atoms with Crippen molar-refractivity contribution in [2.24, 2.45) is 0 Å². The van der Waals surface area contributed by atoms with Crippen LogP contribution < -0.4 is 0 Å². The number of hydrogen-bond donors (Lipinski definition) is 0. The van der Waals surface area contributed by atoms with Gasteiger partial charge in [-0.2, -0.15) is 0 Å². The van der Waals surface area contributed by atoms with E-state index in [1.807, 2.05) is 13.8 Å². The first-order valence-electron chi connectivity index (χ1n) is 5.58. The van der Waals surface area contributed by atoms with Crippen molar-refractivity contribution in [2.75, 3.05) is 6.61 Å². The van der Waals surface area contributed by atoms with Gasteiger partial charge in [-0.25, -0.2) is 4.79 Å². The van der Waals surface area contributed by atoms with Crippen molar-refractivity contribution < 1.29 is 19.1 Å². The number of carbonyl (C=O) groups is 2. The van der Waals surface area contributed by atoms with E-state index in [2.05, 4.69) is 0 Å². The van der Waals surface area contributed by atoms with Crippen LogP contribution in [0.4, 0.5) is 0 Å². The summed E-state index contributed by atoms with van der Waals surface area (Å²) in [5.41, 5.74) is 0.369. The molecule has 0 aromatic heterocycles. The van der Waals surface area contributed by atoms with E-state index in [0.29, 0.717) is 24.4 Å². The van der Waals surface area contributed by atoms with Gasteiger partial charge in [-0.1, -0.05) is 20.3 Å². The zero-order valence-corrected chi connectivity index (χ0v) is 10.5. The summed E-state index contributed by atoms with van der Waals surface area (Å²) in [5.74, 6) is -0.446. The minimum Gasteiger partial charge on any atom is -0.462 e. The summed E-state index contributed by atoms with van der Waals surface area (Å²) >= 11 is 0.